The number of benzene rings is 2. The predicted octanol–water partition coefficient (Wildman–Crippen LogP) is 2.55. The first-order valence-corrected chi connectivity index (χ1v) is 7.29. The van der Waals surface area contributed by atoms with Crippen molar-refractivity contribution in [3.8, 4) is 6.07 Å². The molecule has 0 aliphatic heterocycles. The molecule has 1 amide bonds. The van der Waals surface area contributed by atoms with Crippen molar-refractivity contribution in [3.05, 3.63) is 59.2 Å². The van der Waals surface area contributed by atoms with Gasteiger partial charge in [0.25, 0.3) is 5.91 Å². The topological polar surface area (TPSA) is 76.4 Å². The summed E-state index contributed by atoms with van der Waals surface area (Å²) in [5.74, 6) is -0.205. The molecule has 2 aromatic carbocycles. The number of nitrogens with one attached hydrogen (secondary N) is 1. The van der Waals surface area contributed by atoms with Gasteiger partial charge in [-0.3, -0.25) is 4.79 Å². The van der Waals surface area contributed by atoms with E-state index in [4.69, 9.17) is 10.4 Å². The third-order valence-electron chi connectivity index (χ3n) is 3.60. The molecule has 5 nitrogen and oxygen atoms in total. The van der Waals surface area contributed by atoms with Gasteiger partial charge in [-0.25, -0.2) is 0 Å². The van der Waals surface area contributed by atoms with E-state index in [1.165, 1.54) is 0 Å². The Kier molecular flexibility index (Phi) is 5.34. The summed E-state index contributed by atoms with van der Waals surface area (Å²) in [6.45, 7) is 2.45. The van der Waals surface area contributed by atoms with Gasteiger partial charge in [0.2, 0.25) is 0 Å². The van der Waals surface area contributed by atoms with E-state index >= 15 is 0 Å². The fourth-order valence-corrected chi connectivity index (χ4v) is 2.26. The summed E-state index contributed by atoms with van der Waals surface area (Å²) in [5.41, 5.74) is 3.51. The molecule has 5 heteroatoms. The minimum atomic E-state index is -0.205. The molecule has 118 valence electrons. The second-order valence-electron chi connectivity index (χ2n) is 5.29. The largest absolute Gasteiger partial charge is 0.395 e. The van der Waals surface area contributed by atoms with Crippen molar-refractivity contribution in [3.63, 3.8) is 0 Å². The van der Waals surface area contributed by atoms with Crippen LogP contribution in [0.3, 0.4) is 0 Å². The first-order chi connectivity index (χ1) is 11.0. The van der Waals surface area contributed by atoms with Crippen LogP contribution in [0, 0.1) is 18.3 Å². The molecule has 0 saturated carbocycles. The van der Waals surface area contributed by atoms with Crippen LogP contribution in [-0.4, -0.2) is 31.2 Å². The number of nitrogens with zero attached hydrogens (tertiary/aromatic N) is 2. The zero-order chi connectivity index (χ0) is 16.8. The molecular weight excluding hydrogens is 290 g/mol. The molecule has 0 heterocycles. The van der Waals surface area contributed by atoms with E-state index < -0.39 is 0 Å². The van der Waals surface area contributed by atoms with E-state index in [1.54, 1.807) is 18.2 Å². The molecule has 2 N–H and O–H groups in total. The molecule has 0 unspecified atom stereocenters. The summed E-state index contributed by atoms with van der Waals surface area (Å²) < 4.78 is 0. The highest BCUT2D eigenvalue weighted by atomic mass is 16.3. The van der Waals surface area contributed by atoms with E-state index in [0.29, 0.717) is 23.4 Å². The van der Waals surface area contributed by atoms with Gasteiger partial charge in [-0.2, -0.15) is 5.26 Å². The van der Waals surface area contributed by atoms with Crippen molar-refractivity contribution in [1.29, 1.82) is 5.26 Å². The molecule has 2 aromatic rings. The van der Waals surface area contributed by atoms with Crippen molar-refractivity contribution in [2.24, 2.45) is 0 Å². The second-order valence-corrected chi connectivity index (χ2v) is 5.29. The van der Waals surface area contributed by atoms with Crippen molar-refractivity contribution >= 4 is 17.3 Å². The molecular formula is C18H19N3O2. The number of carbonyl (C=O) groups excluding carboxylic acids is 1. The fourth-order valence-electron chi connectivity index (χ4n) is 2.26. The predicted molar refractivity (Wildman–Crippen MR) is 90.6 cm³/mol. The lowest BCUT2D eigenvalue weighted by Gasteiger charge is -2.18. The number of aryl methyl sites for hydroxylation is 1. The van der Waals surface area contributed by atoms with Crippen LogP contribution in [0.25, 0.3) is 0 Å². The van der Waals surface area contributed by atoms with Crippen molar-refractivity contribution in [1.82, 2.24) is 0 Å². The average Bonchev–Trinajstić information content (AvgIpc) is 2.55. The van der Waals surface area contributed by atoms with E-state index in [2.05, 4.69) is 11.4 Å². The number of amides is 1. The summed E-state index contributed by atoms with van der Waals surface area (Å²) >= 11 is 0. The standard InChI is InChI=1S/C18H19N3O2/c1-13-11-14(12-19)3-8-17(13)18(23)20-15-4-6-16(7-5-15)21(2)9-10-22/h3-8,11,22H,9-10H2,1-2H3,(H,20,23). The first-order valence-electron chi connectivity index (χ1n) is 7.29. The summed E-state index contributed by atoms with van der Waals surface area (Å²) in [7, 11) is 1.89. The minimum absolute atomic E-state index is 0.0902. The Labute approximate surface area is 135 Å². The molecule has 0 aromatic heterocycles. The third-order valence-corrected chi connectivity index (χ3v) is 3.60. The summed E-state index contributed by atoms with van der Waals surface area (Å²) in [6, 6.07) is 14.5. The van der Waals surface area contributed by atoms with Gasteiger partial charge in [0.15, 0.2) is 0 Å². The maximum Gasteiger partial charge on any atom is 0.255 e. The SMILES string of the molecule is Cc1cc(C#N)ccc1C(=O)Nc1ccc(N(C)CCO)cc1. The van der Waals surface area contributed by atoms with Crippen LogP contribution in [0.1, 0.15) is 21.5 Å². The first kappa shape index (κ1) is 16.5. The van der Waals surface area contributed by atoms with Gasteiger partial charge < -0.3 is 15.3 Å². The van der Waals surface area contributed by atoms with Gasteiger partial charge in [0, 0.05) is 30.5 Å². The Hall–Kier alpha value is -2.84. The maximum absolute atomic E-state index is 12.3. The van der Waals surface area contributed by atoms with Crippen molar-refractivity contribution < 1.29 is 9.90 Å². The van der Waals surface area contributed by atoms with E-state index in [-0.39, 0.29) is 12.5 Å². The number of carbonyl (C=O) groups is 1. The molecule has 0 atom stereocenters. The van der Waals surface area contributed by atoms with Gasteiger partial charge in [0.1, 0.15) is 0 Å². The summed E-state index contributed by atoms with van der Waals surface area (Å²) in [5, 5.41) is 20.7. The monoisotopic (exact) mass is 309 g/mol. The number of anilines is 2. The third kappa shape index (κ3) is 4.09. The quantitative estimate of drug-likeness (QED) is 0.890. The highest BCUT2D eigenvalue weighted by Gasteiger charge is 2.10. The van der Waals surface area contributed by atoms with Gasteiger partial charge >= 0.3 is 0 Å². The molecule has 0 bridgehead atoms. The van der Waals surface area contributed by atoms with Crippen LogP contribution in [0.2, 0.25) is 0 Å². The number of rotatable bonds is 5. The molecule has 0 aliphatic carbocycles. The van der Waals surface area contributed by atoms with Crippen LogP contribution < -0.4 is 10.2 Å². The maximum atomic E-state index is 12.3. The van der Waals surface area contributed by atoms with E-state index in [0.717, 1.165) is 11.3 Å². The van der Waals surface area contributed by atoms with Crippen LogP contribution in [0.15, 0.2) is 42.5 Å². The highest BCUT2D eigenvalue weighted by Crippen LogP contribution is 2.18. The van der Waals surface area contributed by atoms with Crippen molar-refractivity contribution in [2.45, 2.75) is 6.92 Å². The molecule has 0 radical (unpaired) electrons. The van der Waals surface area contributed by atoms with Crippen molar-refractivity contribution in [2.75, 3.05) is 30.4 Å². The molecule has 0 spiro atoms. The molecule has 0 saturated heterocycles. The smallest absolute Gasteiger partial charge is 0.255 e. The number of hydrogen-bond donors (Lipinski definition) is 2. The number of likely N-dealkylation sites (N-methyl/N-ethyl adjacent to an activating group) is 1. The molecule has 0 aliphatic rings. The zero-order valence-electron chi connectivity index (χ0n) is 13.2. The van der Waals surface area contributed by atoms with Crippen LogP contribution in [0.5, 0.6) is 0 Å². The number of aliphatic hydroxyl groups is 1. The average molecular weight is 309 g/mol. The van der Waals surface area contributed by atoms with Gasteiger partial charge in [-0.1, -0.05) is 0 Å². The summed E-state index contributed by atoms with van der Waals surface area (Å²) in [6.07, 6.45) is 0. The highest BCUT2D eigenvalue weighted by molar-refractivity contribution is 6.05. The Morgan fingerprint density at radius 2 is 1.96 bits per heavy atom. The van der Waals surface area contributed by atoms with E-state index in [9.17, 15) is 4.79 Å². The Morgan fingerprint density at radius 3 is 2.52 bits per heavy atom. The fraction of sp³-hybridized carbons (Fsp3) is 0.222. The number of nitriles is 1. The lowest BCUT2D eigenvalue weighted by Crippen LogP contribution is -2.21. The van der Waals surface area contributed by atoms with Gasteiger partial charge in [-0.15, -0.1) is 0 Å². The number of hydrogen-bond acceptors (Lipinski definition) is 4. The Morgan fingerprint density at radius 1 is 1.26 bits per heavy atom. The molecule has 2 rings (SSSR count). The zero-order valence-corrected chi connectivity index (χ0v) is 13.2. The summed E-state index contributed by atoms with van der Waals surface area (Å²) in [4.78, 5) is 14.2. The van der Waals surface area contributed by atoms with Crippen LogP contribution in [-0.2, 0) is 0 Å². The van der Waals surface area contributed by atoms with E-state index in [1.807, 2.05) is 43.1 Å². The normalized spacial score (nSPS) is 10.0. The van der Waals surface area contributed by atoms with Gasteiger partial charge in [-0.05, 0) is 55.0 Å². The lowest BCUT2D eigenvalue weighted by atomic mass is 10.0. The van der Waals surface area contributed by atoms with Crippen LogP contribution in [0.4, 0.5) is 11.4 Å². The Balaban J connectivity index is 2.10. The molecule has 23 heavy (non-hydrogen) atoms. The van der Waals surface area contributed by atoms with Gasteiger partial charge in [0.05, 0.1) is 18.2 Å². The second kappa shape index (κ2) is 7.43. The minimum Gasteiger partial charge on any atom is -0.395 e. The molecule has 0 fully saturated rings. The number of aliphatic hydroxyl groups excluding tert-OH is 1. The van der Waals surface area contributed by atoms with Crippen LogP contribution >= 0.6 is 0 Å². The lowest BCUT2D eigenvalue weighted by molar-refractivity contribution is 0.102. The Bertz CT molecular complexity index is 733.